The Balaban J connectivity index is 1.82. The molecule has 22 heavy (non-hydrogen) atoms. The lowest BCUT2D eigenvalue weighted by Crippen LogP contribution is -2.33. The summed E-state index contributed by atoms with van der Waals surface area (Å²) in [6.45, 7) is 6.37. The Morgan fingerprint density at radius 2 is 2.23 bits per heavy atom. The lowest BCUT2D eigenvalue weighted by atomic mass is 10.2. The van der Waals surface area contributed by atoms with Crippen LogP contribution >= 0.6 is 11.3 Å². The van der Waals surface area contributed by atoms with Crippen molar-refractivity contribution in [3.05, 3.63) is 35.1 Å². The number of likely N-dealkylation sites (N-methyl/N-ethyl adjacent to an activating group) is 1. The zero-order chi connectivity index (χ0) is 15.9. The third-order valence-electron chi connectivity index (χ3n) is 3.70. The molecule has 0 bridgehead atoms. The first-order chi connectivity index (χ1) is 10.5. The van der Waals surface area contributed by atoms with Crippen molar-refractivity contribution in [3.8, 4) is 0 Å². The van der Waals surface area contributed by atoms with Crippen LogP contribution in [-0.4, -0.2) is 42.0 Å². The minimum absolute atomic E-state index is 0.00759. The summed E-state index contributed by atoms with van der Waals surface area (Å²) < 4.78 is 3.63. The van der Waals surface area contributed by atoms with Gasteiger partial charge < -0.3 is 4.90 Å². The van der Waals surface area contributed by atoms with Gasteiger partial charge in [-0.05, 0) is 20.8 Å². The van der Waals surface area contributed by atoms with Crippen molar-refractivity contribution in [2.24, 2.45) is 0 Å². The van der Waals surface area contributed by atoms with E-state index in [-0.39, 0.29) is 11.9 Å². The predicted octanol–water partition coefficient (Wildman–Crippen LogP) is 1.82. The lowest BCUT2D eigenvalue weighted by molar-refractivity contribution is -0.133. The van der Waals surface area contributed by atoms with Gasteiger partial charge in [-0.15, -0.1) is 11.3 Å². The molecule has 0 aliphatic heterocycles. The monoisotopic (exact) mass is 318 g/mol. The number of hydrogen-bond acceptors (Lipinski definition) is 5. The molecule has 0 radical (unpaired) electrons. The highest BCUT2D eigenvalue weighted by Crippen LogP contribution is 2.22. The van der Waals surface area contributed by atoms with E-state index in [4.69, 9.17) is 0 Å². The molecule has 3 rings (SSSR count). The number of amides is 1. The quantitative estimate of drug-likeness (QED) is 0.736. The fraction of sp³-hybridized carbons (Fsp3) is 0.429. The maximum atomic E-state index is 12.5. The molecular formula is C14H18N6OS. The highest BCUT2D eigenvalue weighted by Gasteiger charge is 2.22. The first kappa shape index (κ1) is 14.7. The topological polar surface area (TPSA) is 68.3 Å². The summed E-state index contributed by atoms with van der Waals surface area (Å²) >= 11 is 1.65. The Morgan fingerprint density at radius 1 is 1.45 bits per heavy atom. The molecule has 1 atom stereocenters. The molecule has 0 aromatic carbocycles. The highest BCUT2D eigenvalue weighted by atomic mass is 32.1. The van der Waals surface area contributed by atoms with E-state index in [1.807, 2.05) is 13.8 Å². The number of carbonyl (C=O) groups is 1. The van der Waals surface area contributed by atoms with Gasteiger partial charge in [0.1, 0.15) is 18.7 Å². The van der Waals surface area contributed by atoms with Gasteiger partial charge in [-0.1, -0.05) is 0 Å². The number of fused-ring (bicyclic) bond motifs is 1. The Morgan fingerprint density at radius 3 is 2.91 bits per heavy atom. The molecule has 0 saturated carbocycles. The van der Waals surface area contributed by atoms with Gasteiger partial charge >= 0.3 is 0 Å². The average Bonchev–Trinajstić information content (AvgIpc) is 3.17. The summed E-state index contributed by atoms with van der Waals surface area (Å²) in [7, 11) is 1.80. The molecule has 0 saturated heterocycles. The Kier molecular flexibility index (Phi) is 3.69. The number of hydrogen-bond donors (Lipinski definition) is 0. The molecule has 3 aromatic rings. The Hall–Kier alpha value is -2.22. The van der Waals surface area contributed by atoms with Crippen LogP contribution < -0.4 is 0 Å². The maximum Gasteiger partial charge on any atom is 0.247 e. The van der Waals surface area contributed by atoms with Crippen molar-refractivity contribution in [1.29, 1.82) is 0 Å². The summed E-state index contributed by atoms with van der Waals surface area (Å²) in [5, 5.41) is 4.03. The van der Waals surface area contributed by atoms with E-state index in [0.29, 0.717) is 6.54 Å². The second-order valence-electron chi connectivity index (χ2n) is 5.38. The second-order valence-corrected chi connectivity index (χ2v) is 6.60. The van der Waals surface area contributed by atoms with Crippen LogP contribution in [0.2, 0.25) is 0 Å². The van der Waals surface area contributed by atoms with Crippen LogP contribution in [0.15, 0.2) is 18.9 Å². The van der Waals surface area contributed by atoms with Gasteiger partial charge in [-0.3, -0.25) is 9.20 Å². The van der Waals surface area contributed by atoms with E-state index in [1.165, 1.54) is 11.2 Å². The van der Waals surface area contributed by atoms with Gasteiger partial charge in [0.25, 0.3) is 0 Å². The van der Waals surface area contributed by atoms with Crippen molar-refractivity contribution in [1.82, 2.24) is 29.0 Å². The summed E-state index contributed by atoms with van der Waals surface area (Å²) in [6, 6.07) is -0.375. The van der Waals surface area contributed by atoms with Crippen LogP contribution in [-0.2, 0) is 11.3 Å². The normalized spacial score (nSPS) is 12.7. The van der Waals surface area contributed by atoms with E-state index in [9.17, 15) is 4.79 Å². The molecule has 0 unspecified atom stereocenters. The molecule has 3 aromatic heterocycles. The molecule has 1 amide bonds. The second kappa shape index (κ2) is 5.53. The largest absolute Gasteiger partial charge is 0.338 e. The maximum absolute atomic E-state index is 12.5. The van der Waals surface area contributed by atoms with E-state index in [2.05, 4.69) is 32.6 Å². The molecular weight excluding hydrogens is 300 g/mol. The number of aryl methyl sites for hydroxylation is 2. The minimum atomic E-state index is -0.375. The number of nitrogens with zero attached hydrogens (tertiary/aromatic N) is 6. The number of carbonyl (C=O) groups excluding carboxylic acids is 1. The number of aromatic nitrogens is 5. The predicted molar refractivity (Wildman–Crippen MR) is 83.8 cm³/mol. The molecule has 8 heteroatoms. The number of thiazole rings is 1. The molecule has 3 heterocycles. The summed E-state index contributed by atoms with van der Waals surface area (Å²) in [4.78, 5) is 24.8. The smallest absolute Gasteiger partial charge is 0.247 e. The van der Waals surface area contributed by atoms with E-state index in [1.54, 1.807) is 34.3 Å². The van der Waals surface area contributed by atoms with Crippen molar-refractivity contribution < 1.29 is 4.79 Å². The van der Waals surface area contributed by atoms with Crippen LogP contribution in [0.4, 0.5) is 0 Å². The fourth-order valence-electron chi connectivity index (χ4n) is 2.45. The average molecular weight is 318 g/mol. The van der Waals surface area contributed by atoms with Gasteiger partial charge in [0, 0.05) is 18.1 Å². The van der Waals surface area contributed by atoms with Gasteiger partial charge in [-0.25, -0.2) is 14.6 Å². The van der Waals surface area contributed by atoms with E-state index in [0.717, 1.165) is 16.3 Å². The number of rotatable bonds is 4. The van der Waals surface area contributed by atoms with E-state index >= 15 is 0 Å². The van der Waals surface area contributed by atoms with Crippen LogP contribution in [0.1, 0.15) is 29.2 Å². The Bertz CT molecular complexity index is 803. The molecule has 0 N–H and O–H groups in total. The molecule has 116 valence electrons. The molecule has 0 spiro atoms. The third kappa shape index (κ3) is 2.50. The molecule has 0 aliphatic rings. The first-order valence-electron chi connectivity index (χ1n) is 7.00. The van der Waals surface area contributed by atoms with Gasteiger partial charge in [0.15, 0.2) is 4.96 Å². The van der Waals surface area contributed by atoms with Crippen LogP contribution in [0.25, 0.3) is 4.96 Å². The number of imidazole rings is 1. The van der Waals surface area contributed by atoms with E-state index < -0.39 is 0 Å². The van der Waals surface area contributed by atoms with Crippen LogP contribution in [0, 0.1) is 13.8 Å². The first-order valence-corrected chi connectivity index (χ1v) is 7.82. The highest BCUT2D eigenvalue weighted by molar-refractivity contribution is 7.17. The van der Waals surface area contributed by atoms with Crippen LogP contribution in [0.5, 0.6) is 0 Å². The van der Waals surface area contributed by atoms with Gasteiger partial charge in [-0.2, -0.15) is 5.10 Å². The molecule has 0 fully saturated rings. The van der Waals surface area contributed by atoms with Gasteiger partial charge in [0.05, 0.1) is 17.9 Å². The summed E-state index contributed by atoms with van der Waals surface area (Å²) in [5.74, 6) is -0.00759. The standard InChI is InChI=1S/C14H18N6OS/c1-9-5-19-12(10(2)17-14(19)22-9)6-18(4)13(21)11(3)20-8-15-7-16-20/h5,7-8,11H,6H2,1-4H3/t11-/m0/s1. The third-order valence-corrected chi connectivity index (χ3v) is 4.59. The fourth-order valence-corrected chi connectivity index (χ4v) is 3.34. The van der Waals surface area contributed by atoms with Gasteiger partial charge in [0.2, 0.25) is 5.91 Å². The molecule has 0 aliphatic carbocycles. The van der Waals surface area contributed by atoms with Crippen molar-refractivity contribution in [2.45, 2.75) is 33.4 Å². The SMILES string of the molecule is Cc1cn2c(CN(C)C(=O)[C@H](C)n3cncn3)c(C)nc2s1. The minimum Gasteiger partial charge on any atom is -0.338 e. The zero-order valence-electron chi connectivity index (χ0n) is 13.0. The molecule has 7 nitrogen and oxygen atoms in total. The summed E-state index contributed by atoms with van der Waals surface area (Å²) in [5.41, 5.74) is 2.00. The van der Waals surface area contributed by atoms with Crippen molar-refractivity contribution in [2.75, 3.05) is 7.05 Å². The Labute approximate surface area is 132 Å². The zero-order valence-corrected chi connectivity index (χ0v) is 13.8. The summed E-state index contributed by atoms with van der Waals surface area (Å²) in [6.07, 6.45) is 5.05. The van der Waals surface area contributed by atoms with Crippen molar-refractivity contribution in [3.63, 3.8) is 0 Å². The lowest BCUT2D eigenvalue weighted by Gasteiger charge is -2.21. The van der Waals surface area contributed by atoms with Crippen LogP contribution in [0.3, 0.4) is 0 Å². The van der Waals surface area contributed by atoms with Crippen molar-refractivity contribution >= 4 is 22.2 Å².